The summed E-state index contributed by atoms with van der Waals surface area (Å²) in [7, 11) is 0. The summed E-state index contributed by atoms with van der Waals surface area (Å²) in [6.45, 7) is 1.73. The second kappa shape index (κ2) is 4.35. The molecule has 2 aromatic rings. The number of alkyl halides is 1. The van der Waals surface area contributed by atoms with Crippen molar-refractivity contribution in [1.29, 1.82) is 0 Å². The predicted octanol–water partition coefficient (Wildman–Crippen LogP) is 2.75. The topological polar surface area (TPSA) is 43.6 Å². The Labute approximate surface area is 101 Å². The van der Waals surface area contributed by atoms with Crippen LogP contribution < -0.4 is 0 Å². The predicted molar refractivity (Wildman–Crippen MR) is 58.4 cm³/mol. The van der Waals surface area contributed by atoms with E-state index in [1.165, 1.54) is 16.8 Å². The first-order valence-electron chi connectivity index (χ1n) is 4.47. The summed E-state index contributed by atoms with van der Waals surface area (Å²) >= 11 is 11.5. The number of benzene rings is 1. The average molecular weight is 261 g/mol. The van der Waals surface area contributed by atoms with Gasteiger partial charge in [0.1, 0.15) is 5.82 Å². The van der Waals surface area contributed by atoms with Crippen molar-refractivity contribution in [3.63, 3.8) is 0 Å². The minimum Gasteiger partial charge on any atom is -0.205 e. The van der Waals surface area contributed by atoms with Gasteiger partial charge in [0.15, 0.2) is 5.82 Å². The van der Waals surface area contributed by atoms with Gasteiger partial charge in [-0.15, -0.1) is 16.7 Å². The van der Waals surface area contributed by atoms with Crippen LogP contribution in [-0.4, -0.2) is 20.2 Å². The third-order valence-electron chi connectivity index (χ3n) is 2.00. The Bertz CT molecular complexity index is 512. The van der Waals surface area contributed by atoms with Crippen LogP contribution in [0.4, 0.5) is 4.39 Å². The molecule has 0 aliphatic rings. The fourth-order valence-electron chi connectivity index (χ4n) is 1.24. The quantitative estimate of drug-likeness (QED) is 0.780. The van der Waals surface area contributed by atoms with Gasteiger partial charge in [-0.1, -0.05) is 11.6 Å². The molecule has 0 aliphatic carbocycles. The van der Waals surface area contributed by atoms with Crippen molar-refractivity contribution < 1.29 is 4.39 Å². The van der Waals surface area contributed by atoms with Crippen LogP contribution in [0.3, 0.4) is 0 Å². The lowest BCUT2D eigenvalue weighted by atomic mass is 10.3. The number of hydrogen-bond acceptors (Lipinski definition) is 3. The first-order chi connectivity index (χ1) is 7.59. The largest absolute Gasteiger partial charge is 0.205 e. The van der Waals surface area contributed by atoms with Crippen LogP contribution in [0.15, 0.2) is 18.2 Å². The average Bonchev–Trinajstić information content (AvgIpc) is 2.71. The zero-order chi connectivity index (χ0) is 11.7. The van der Waals surface area contributed by atoms with Gasteiger partial charge in [0.05, 0.1) is 16.1 Å². The third-order valence-corrected chi connectivity index (χ3v) is 2.50. The van der Waals surface area contributed by atoms with E-state index < -0.39 is 5.82 Å². The summed E-state index contributed by atoms with van der Waals surface area (Å²) in [5, 5.41) is 10.7. The van der Waals surface area contributed by atoms with Crippen molar-refractivity contribution in [3.8, 4) is 5.69 Å². The molecule has 0 spiro atoms. The molecule has 0 saturated heterocycles. The maximum atomic E-state index is 13.3. The van der Waals surface area contributed by atoms with E-state index in [-0.39, 0.29) is 10.4 Å². The Kier molecular flexibility index (Phi) is 3.07. The van der Waals surface area contributed by atoms with E-state index in [9.17, 15) is 4.39 Å². The molecule has 0 radical (unpaired) electrons. The molecule has 84 valence electrons. The van der Waals surface area contributed by atoms with E-state index in [4.69, 9.17) is 23.2 Å². The van der Waals surface area contributed by atoms with Crippen LogP contribution in [0.25, 0.3) is 5.69 Å². The molecule has 0 saturated carbocycles. The highest BCUT2D eigenvalue weighted by Crippen LogP contribution is 2.22. The van der Waals surface area contributed by atoms with E-state index >= 15 is 0 Å². The molecule has 1 atom stereocenters. The molecule has 2 rings (SSSR count). The van der Waals surface area contributed by atoms with Gasteiger partial charge < -0.3 is 0 Å². The summed E-state index contributed by atoms with van der Waals surface area (Å²) in [4.78, 5) is 0. The molecule has 1 aromatic heterocycles. The van der Waals surface area contributed by atoms with Crippen LogP contribution in [0.2, 0.25) is 5.02 Å². The second-order valence-corrected chi connectivity index (χ2v) is 4.23. The van der Waals surface area contributed by atoms with Gasteiger partial charge in [0.25, 0.3) is 0 Å². The zero-order valence-electron chi connectivity index (χ0n) is 8.23. The van der Waals surface area contributed by atoms with Gasteiger partial charge in [0.2, 0.25) is 0 Å². The highest BCUT2D eigenvalue weighted by molar-refractivity contribution is 6.30. The standard InChI is InChI=1S/C9H7Cl2FN4/c1-5(10)9-13-14-15-16(9)6-2-3-7(11)8(12)4-6/h2-5H,1H3. The maximum absolute atomic E-state index is 13.3. The number of halogens is 3. The van der Waals surface area contributed by atoms with Crippen molar-refractivity contribution in [2.24, 2.45) is 0 Å². The molecule has 1 unspecified atom stereocenters. The zero-order valence-corrected chi connectivity index (χ0v) is 9.74. The van der Waals surface area contributed by atoms with Crippen LogP contribution in [-0.2, 0) is 0 Å². The van der Waals surface area contributed by atoms with Crippen molar-refractivity contribution in [2.75, 3.05) is 0 Å². The van der Waals surface area contributed by atoms with Gasteiger partial charge in [-0.3, -0.25) is 0 Å². The highest BCUT2D eigenvalue weighted by atomic mass is 35.5. The van der Waals surface area contributed by atoms with Crippen molar-refractivity contribution in [3.05, 3.63) is 34.9 Å². The molecular formula is C9H7Cl2FN4. The molecule has 1 heterocycles. The Morgan fingerprint density at radius 2 is 2.19 bits per heavy atom. The number of hydrogen-bond donors (Lipinski definition) is 0. The van der Waals surface area contributed by atoms with Gasteiger partial charge in [-0.25, -0.2) is 4.39 Å². The smallest absolute Gasteiger partial charge is 0.174 e. The molecule has 1 aromatic carbocycles. The Balaban J connectivity index is 2.50. The molecular weight excluding hydrogens is 254 g/mol. The summed E-state index contributed by atoms with van der Waals surface area (Å²) in [5.41, 5.74) is 0.481. The van der Waals surface area contributed by atoms with E-state index in [1.54, 1.807) is 13.0 Å². The summed E-state index contributed by atoms with van der Waals surface area (Å²) in [5.74, 6) is -0.0776. The van der Waals surface area contributed by atoms with E-state index in [1.807, 2.05) is 0 Å². The number of rotatable bonds is 2. The van der Waals surface area contributed by atoms with E-state index in [0.717, 1.165) is 0 Å². The minimum atomic E-state index is -0.525. The minimum absolute atomic E-state index is 0.0531. The fraction of sp³-hybridized carbons (Fsp3) is 0.222. The summed E-state index contributed by atoms with van der Waals surface area (Å²) in [6, 6.07) is 4.31. The van der Waals surface area contributed by atoms with Gasteiger partial charge >= 0.3 is 0 Å². The number of aromatic nitrogens is 4. The van der Waals surface area contributed by atoms with Crippen LogP contribution in [0, 0.1) is 5.82 Å². The van der Waals surface area contributed by atoms with Gasteiger partial charge in [0, 0.05) is 6.07 Å². The third kappa shape index (κ3) is 2.01. The van der Waals surface area contributed by atoms with Gasteiger partial charge in [-0.2, -0.15) is 4.68 Å². The molecule has 4 nitrogen and oxygen atoms in total. The normalized spacial score (nSPS) is 12.8. The lowest BCUT2D eigenvalue weighted by Crippen LogP contribution is -2.04. The highest BCUT2D eigenvalue weighted by Gasteiger charge is 2.14. The van der Waals surface area contributed by atoms with Crippen LogP contribution in [0.5, 0.6) is 0 Å². The lowest BCUT2D eigenvalue weighted by molar-refractivity contribution is 0.624. The van der Waals surface area contributed by atoms with E-state index in [2.05, 4.69) is 15.5 Å². The maximum Gasteiger partial charge on any atom is 0.174 e. The first-order valence-corrected chi connectivity index (χ1v) is 5.29. The molecule has 0 fully saturated rings. The molecule has 7 heteroatoms. The van der Waals surface area contributed by atoms with Crippen LogP contribution >= 0.6 is 23.2 Å². The van der Waals surface area contributed by atoms with E-state index in [0.29, 0.717) is 11.5 Å². The van der Waals surface area contributed by atoms with Crippen molar-refractivity contribution in [2.45, 2.75) is 12.3 Å². The van der Waals surface area contributed by atoms with Crippen LogP contribution in [0.1, 0.15) is 18.1 Å². The monoisotopic (exact) mass is 260 g/mol. The van der Waals surface area contributed by atoms with Crippen molar-refractivity contribution >= 4 is 23.2 Å². The summed E-state index contributed by atoms with van der Waals surface area (Å²) in [6.07, 6.45) is 0. The fourth-order valence-corrected chi connectivity index (χ4v) is 1.50. The Morgan fingerprint density at radius 1 is 1.44 bits per heavy atom. The SMILES string of the molecule is CC(Cl)c1nnnn1-c1ccc(Cl)c(F)c1. The first kappa shape index (κ1) is 11.3. The summed E-state index contributed by atoms with van der Waals surface area (Å²) < 4.78 is 14.6. The van der Waals surface area contributed by atoms with Crippen molar-refractivity contribution in [1.82, 2.24) is 20.2 Å². The second-order valence-electron chi connectivity index (χ2n) is 3.16. The molecule has 0 amide bonds. The Morgan fingerprint density at radius 3 is 2.81 bits per heavy atom. The molecule has 0 N–H and O–H groups in total. The number of nitrogens with zero attached hydrogens (tertiary/aromatic N) is 4. The lowest BCUT2D eigenvalue weighted by Gasteiger charge is -2.05. The number of tetrazole rings is 1. The molecule has 0 bridgehead atoms. The molecule has 16 heavy (non-hydrogen) atoms. The Hall–Kier alpha value is -1.20. The van der Waals surface area contributed by atoms with Gasteiger partial charge in [-0.05, 0) is 29.5 Å². The molecule has 0 aliphatic heterocycles.